The van der Waals surface area contributed by atoms with Gasteiger partial charge < -0.3 is 9.64 Å². The zero-order valence-corrected chi connectivity index (χ0v) is 16.9. The van der Waals surface area contributed by atoms with Gasteiger partial charge in [0.1, 0.15) is 11.9 Å². The molecule has 0 bridgehead atoms. The molecule has 2 aliphatic heterocycles. The highest BCUT2D eigenvalue weighted by Gasteiger charge is 2.34. The van der Waals surface area contributed by atoms with Crippen molar-refractivity contribution in [2.24, 2.45) is 0 Å². The molecule has 0 atom stereocenters. The lowest BCUT2D eigenvalue weighted by Crippen LogP contribution is -2.42. The summed E-state index contributed by atoms with van der Waals surface area (Å²) in [5.74, 6) is -2.28. The van der Waals surface area contributed by atoms with Crippen LogP contribution in [0.1, 0.15) is 46.4 Å². The molecule has 0 aliphatic carbocycles. The van der Waals surface area contributed by atoms with Crippen LogP contribution < -0.4 is 4.74 Å². The number of benzene rings is 2. The van der Waals surface area contributed by atoms with Crippen molar-refractivity contribution >= 4 is 17.7 Å². The van der Waals surface area contributed by atoms with Gasteiger partial charge >= 0.3 is 0 Å². The molecule has 162 valence electrons. The van der Waals surface area contributed by atoms with Gasteiger partial charge in [-0.1, -0.05) is 12.1 Å². The van der Waals surface area contributed by atoms with Crippen molar-refractivity contribution in [2.75, 3.05) is 19.6 Å². The van der Waals surface area contributed by atoms with Crippen molar-refractivity contribution in [1.29, 1.82) is 0 Å². The highest BCUT2D eigenvalue weighted by atomic mass is 19.2. The topological polar surface area (TPSA) is 66.9 Å². The van der Waals surface area contributed by atoms with E-state index in [1.54, 1.807) is 29.2 Å². The minimum absolute atomic E-state index is 0.0390. The molecule has 2 heterocycles. The largest absolute Gasteiger partial charge is 0.490 e. The quantitative estimate of drug-likeness (QED) is 0.662. The summed E-state index contributed by atoms with van der Waals surface area (Å²) < 4.78 is 32.0. The van der Waals surface area contributed by atoms with Crippen molar-refractivity contribution in [3.8, 4) is 5.75 Å². The first-order chi connectivity index (χ1) is 14.9. The normalized spacial score (nSPS) is 16.6. The summed E-state index contributed by atoms with van der Waals surface area (Å²) in [7, 11) is 0. The Labute approximate surface area is 178 Å². The van der Waals surface area contributed by atoms with Crippen LogP contribution in [0.25, 0.3) is 0 Å². The van der Waals surface area contributed by atoms with Gasteiger partial charge in [-0.25, -0.2) is 8.78 Å². The molecule has 6 nitrogen and oxygen atoms in total. The van der Waals surface area contributed by atoms with E-state index in [1.807, 2.05) is 0 Å². The molecule has 1 saturated heterocycles. The Balaban J connectivity index is 1.21. The lowest BCUT2D eigenvalue weighted by Gasteiger charge is -2.32. The van der Waals surface area contributed by atoms with Gasteiger partial charge in [0.15, 0.2) is 11.6 Å². The van der Waals surface area contributed by atoms with Crippen LogP contribution in [0.2, 0.25) is 0 Å². The van der Waals surface area contributed by atoms with Crippen LogP contribution in [-0.2, 0) is 4.79 Å². The number of nitrogens with zero attached hydrogens (tertiary/aromatic N) is 2. The Hall–Kier alpha value is -3.29. The van der Waals surface area contributed by atoms with Crippen LogP contribution in [0.15, 0.2) is 42.5 Å². The average molecular weight is 428 g/mol. The standard InChI is InChI=1S/C23H22F2N2O4/c24-19-8-7-16(14-20(19)25)31-15-9-12-26(13-10-15)21(28)6-3-11-27-22(29)17-4-1-2-5-18(17)23(27)30/h1-2,4-5,7-8,14-15H,3,6,9-13H2. The van der Waals surface area contributed by atoms with Crippen LogP contribution >= 0.6 is 0 Å². The number of hydrogen-bond donors (Lipinski definition) is 0. The number of halogens is 2. The van der Waals surface area contributed by atoms with Gasteiger partial charge in [0.25, 0.3) is 11.8 Å². The minimum atomic E-state index is -0.955. The molecule has 1 fully saturated rings. The third kappa shape index (κ3) is 4.42. The van der Waals surface area contributed by atoms with Gasteiger partial charge in [-0.3, -0.25) is 19.3 Å². The fourth-order valence-electron chi connectivity index (χ4n) is 3.95. The molecule has 2 aromatic carbocycles. The SMILES string of the molecule is O=C(CCCN1C(=O)c2ccccc2C1=O)N1CCC(Oc2ccc(F)c(F)c2)CC1. The lowest BCUT2D eigenvalue weighted by atomic mass is 10.1. The number of hydrogen-bond acceptors (Lipinski definition) is 4. The monoisotopic (exact) mass is 428 g/mol. The third-order valence-corrected chi connectivity index (χ3v) is 5.64. The molecule has 4 rings (SSSR count). The molecule has 0 radical (unpaired) electrons. The second-order valence-electron chi connectivity index (χ2n) is 7.68. The number of likely N-dealkylation sites (tertiary alicyclic amines) is 1. The van der Waals surface area contributed by atoms with Crippen molar-refractivity contribution in [3.05, 3.63) is 65.2 Å². The van der Waals surface area contributed by atoms with Crippen molar-refractivity contribution < 1.29 is 27.9 Å². The van der Waals surface area contributed by atoms with Gasteiger partial charge in [0.05, 0.1) is 11.1 Å². The zero-order valence-electron chi connectivity index (χ0n) is 16.9. The number of carbonyl (C=O) groups excluding carboxylic acids is 3. The van der Waals surface area contributed by atoms with Crippen LogP contribution in [0.5, 0.6) is 5.75 Å². The van der Waals surface area contributed by atoms with E-state index in [1.165, 1.54) is 11.0 Å². The van der Waals surface area contributed by atoms with E-state index in [0.717, 1.165) is 12.1 Å². The van der Waals surface area contributed by atoms with Gasteiger partial charge in [-0.2, -0.15) is 0 Å². The maximum Gasteiger partial charge on any atom is 0.261 e. The highest BCUT2D eigenvalue weighted by Crippen LogP contribution is 2.24. The Morgan fingerprint density at radius 3 is 2.23 bits per heavy atom. The van der Waals surface area contributed by atoms with E-state index in [-0.39, 0.29) is 42.5 Å². The highest BCUT2D eigenvalue weighted by molar-refractivity contribution is 6.21. The first kappa shape index (κ1) is 21.0. The summed E-state index contributed by atoms with van der Waals surface area (Å²) >= 11 is 0. The summed E-state index contributed by atoms with van der Waals surface area (Å²) in [5, 5.41) is 0. The van der Waals surface area contributed by atoms with Crippen molar-refractivity contribution in [3.63, 3.8) is 0 Å². The number of carbonyl (C=O) groups is 3. The summed E-state index contributed by atoms with van der Waals surface area (Å²) in [6.45, 7) is 1.20. The molecule has 0 aromatic heterocycles. The predicted octanol–water partition coefficient (Wildman–Crippen LogP) is 3.41. The van der Waals surface area contributed by atoms with Gasteiger partial charge in [-0.15, -0.1) is 0 Å². The molecule has 31 heavy (non-hydrogen) atoms. The van der Waals surface area contributed by atoms with E-state index >= 15 is 0 Å². The predicted molar refractivity (Wildman–Crippen MR) is 108 cm³/mol. The van der Waals surface area contributed by atoms with Crippen LogP contribution in [0.4, 0.5) is 8.78 Å². The van der Waals surface area contributed by atoms with Gasteiger partial charge in [-0.05, 0) is 30.7 Å². The maximum absolute atomic E-state index is 13.3. The first-order valence-corrected chi connectivity index (χ1v) is 10.3. The second kappa shape index (κ2) is 8.83. The smallest absolute Gasteiger partial charge is 0.261 e. The molecule has 0 saturated carbocycles. The molecule has 0 unspecified atom stereocenters. The van der Waals surface area contributed by atoms with Gasteiger partial charge in [0, 0.05) is 45.0 Å². The molecule has 2 aromatic rings. The summed E-state index contributed by atoms with van der Waals surface area (Å²) in [6.07, 6.45) is 1.64. The Morgan fingerprint density at radius 1 is 0.968 bits per heavy atom. The fourth-order valence-corrected chi connectivity index (χ4v) is 3.95. The van der Waals surface area contributed by atoms with Crippen molar-refractivity contribution in [1.82, 2.24) is 9.80 Å². The van der Waals surface area contributed by atoms with E-state index < -0.39 is 11.6 Å². The number of piperidine rings is 1. The minimum Gasteiger partial charge on any atom is -0.490 e. The molecule has 0 N–H and O–H groups in total. The second-order valence-corrected chi connectivity index (χ2v) is 7.68. The zero-order chi connectivity index (χ0) is 22.0. The average Bonchev–Trinajstić information content (AvgIpc) is 3.02. The first-order valence-electron chi connectivity index (χ1n) is 10.3. The molecule has 0 spiro atoms. The van der Waals surface area contributed by atoms with E-state index in [9.17, 15) is 23.2 Å². The molecule has 3 amide bonds. The van der Waals surface area contributed by atoms with E-state index in [0.29, 0.717) is 43.5 Å². The van der Waals surface area contributed by atoms with Crippen LogP contribution in [0.3, 0.4) is 0 Å². The maximum atomic E-state index is 13.3. The number of imide groups is 1. The van der Waals surface area contributed by atoms with Crippen LogP contribution in [0, 0.1) is 11.6 Å². The summed E-state index contributed by atoms with van der Waals surface area (Å²) in [4.78, 5) is 40.2. The Kier molecular flexibility index (Phi) is 5.97. The fraction of sp³-hybridized carbons (Fsp3) is 0.348. The number of amides is 3. The molecular formula is C23H22F2N2O4. The number of rotatable bonds is 6. The Bertz CT molecular complexity index is 983. The third-order valence-electron chi connectivity index (χ3n) is 5.64. The molecule has 2 aliphatic rings. The van der Waals surface area contributed by atoms with E-state index in [4.69, 9.17) is 4.74 Å². The van der Waals surface area contributed by atoms with Crippen LogP contribution in [-0.4, -0.2) is 53.3 Å². The van der Waals surface area contributed by atoms with E-state index in [2.05, 4.69) is 0 Å². The van der Waals surface area contributed by atoms with Gasteiger partial charge in [0.2, 0.25) is 5.91 Å². The summed E-state index contributed by atoms with van der Waals surface area (Å²) in [6, 6.07) is 10.1. The molecular weight excluding hydrogens is 406 g/mol. The number of fused-ring (bicyclic) bond motifs is 1. The lowest BCUT2D eigenvalue weighted by molar-refractivity contribution is -0.133. The molecule has 8 heteroatoms. The Morgan fingerprint density at radius 2 is 1.61 bits per heavy atom. The summed E-state index contributed by atoms with van der Waals surface area (Å²) in [5.41, 5.74) is 0.809. The van der Waals surface area contributed by atoms with Crippen molar-refractivity contribution in [2.45, 2.75) is 31.8 Å². The number of ether oxygens (including phenoxy) is 1.